The molecule has 2 rings (SSSR count). The van der Waals surface area contributed by atoms with E-state index in [1.54, 1.807) is 0 Å². The second kappa shape index (κ2) is 6.27. The number of aromatic nitrogens is 2. The van der Waals surface area contributed by atoms with Gasteiger partial charge in [0.1, 0.15) is 0 Å². The molecule has 4 nitrogen and oxygen atoms in total. The molecule has 114 valence electrons. The SMILES string of the molecule is CCCn1cc(C(N)C2(N(C)C)CCCC(C)C2)cn1. The zero-order valence-electron chi connectivity index (χ0n) is 13.5. The Bertz CT molecular complexity index is 426. The maximum Gasteiger partial charge on any atom is 0.0538 e. The molecule has 1 aliphatic carbocycles. The highest BCUT2D eigenvalue weighted by Crippen LogP contribution is 2.42. The van der Waals surface area contributed by atoms with Crippen molar-refractivity contribution in [3.63, 3.8) is 0 Å². The summed E-state index contributed by atoms with van der Waals surface area (Å²) >= 11 is 0. The number of nitrogens with two attached hydrogens (primary N) is 1. The predicted molar refractivity (Wildman–Crippen MR) is 83.5 cm³/mol. The van der Waals surface area contributed by atoms with Crippen LogP contribution in [0.3, 0.4) is 0 Å². The fourth-order valence-corrected chi connectivity index (χ4v) is 3.73. The molecular weight excluding hydrogens is 248 g/mol. The van der Waals surface area contributed by atoms with E-state index in [1.165, 1.54) is 31.2 Å². The first-order valence-corrected chi connectivity index (χ1v) is 7.95. The zero-order valence-corrected chi connectivity index (χ0v) is 13.5. The first-order chi connectivity index (χ1) is 9.49. The Kier molecular flexibility index (Phi) is 4.86. The molecule has 1 saturated carbocycles. The van der Waals surface area contributed by atoms with Gasteiger partial charge in [-0.05, 0) is 39.3 Å². The van der Waals surface area contributed by atoms with Crippen LogP contribution in [0.5, 0.6) is 0 Å². The third-order valence-corrected chi connectivity index (χ3v) is 4.94. The summed E-state index contributed by atoms with van der Waals surface area (Å²) in [5.41, 5.74) is 7.95. The van der Waals surface area contributed by atoms with Crippen LogP contribution >= 0.6 is 0 Å². The van der Waals surface area contributed by atoms with Crippen molar-refractivity contribution >= 4 is 0 Å². The molecule has 0 aromatic carbocycles. The molecule has 2 N–H and O–H groups in total. The second-order valence-corrected chi connectivity index (χ2v) is 6.71. The number of rotatable bonds is 5. The van der Waals surface area contributed by atoms with Gasteiger partial charge in [0.05, 0.1) is 12.2 Å². The summed E-state index contributed by atoms with van der Waals surface area (Å²) in [6, 6.07) is 0.0471. The van der Waals surface area contributed by atoms with E-state index in [-0.39, 0.29) is 11.6 Å². The molecule has 3 atom stereocenters. The molecule has 1 fully saturated rings. The molecule has 0 radical (unpaired) electrons. The van der Waals surface area contributed by atoms with Crippen molar-refractivity contribution in [3.8, 4) is 0 Å². The lowest BCUT2D eigenvalue weighted by Crippen LogP contribution is -2.54. The maximum atomic E-state index is 6.68. The van der Waals surface area contributed by atoms with E-state index < -0.39 is 0 Å². The summed E-state index contributed by atoms with van der Waals surface area (Å²) in [5, 5.41) is 4.45. The highest BCUT2D eigenvalue weighted by molar-refractivity contribution is 5.18. The van der Waals surface area contributed by atoms with Crippen molar-refractivity contribution in [1.82, 2.24) is 14.7 Å². The molecular formula is C16H30N4. The zero-order chi connectivity index (χ0) is 14.8. The van der Waals surface area contributed by atoms with Crippen molar-refractivity contribution in [2.75, 3.05) is 14.1 Å². The number of hydrogen-bond donors (Lipinski definition) is 1. The van der Waals surface area contributed by atoms with Gasteiger partial charge in [0.15, 0.2) is 0 Å². The fourth-order valence-electron chi connectivity index (χ4n) is 3.73. The second-order valence-electron chi connectivity index (χ2n) is 6.71. The van der Waals surface area contributed by atoms with Crippen LogP contribution in [0, 0.1) is 5.92 Å². The normalized spacial score (nSPS) is 28.8. The third-order valence-electron chi connectivity index (χ3n) is 4.94. The van der Waals surface area contributed by atoms with E-state index in [4.69, 9.17) is 5.73 Å². The Labute approximate surface area is 123 Å². The van der Waals surface area contributed by atoms with Crippen molar-refractivity contribution in [2.45, 2.75) is 64.1 Å². The first-order valence-electron chi connectivity index (χ1n) is 7.95. The smallest absolute Gasteiger partial charge is 0.0538 e. The fraction of sp³-hybridized carbons (Fsp3) is 0.812. The number of nitrogens with zero attached hydrogens (tertiary/aromatic N) is 3. The van der Waals surface area contributed by atoms with Gasteiger partial charge in [0, 0.05) is 23.8 Å². The van der Waals surface area contributed by atoms with E-state index in [0.717, 1.165) is 18.9 Å². The molecule has 1 heterocycles. The topological polar surface area (TPSA) is 47.1 Å². The minimum absolute atomic E-state index is 0.0471. The molecule has 0 aliphatic heterocycles. The van der Waals surface area contributed by atoms with Gasteiger partial charge in [0.25, 0.3) is 0 Å². The summed E-state index contributed by atoms with van der Waals surface area (Å²) in [5.74, 6) is 0.753. The quantitative estimate of drug-likeness (QED) is 0.901. The monoisotopic (exact) mass is 278 g/mol. The van der Waals surface area contributed by atoms with Gasteiger partial charge in [-0.3, -0.25) is 4.68 Å². The highest BCUT2D eigenvalue weighted by atomic mass is 15.3. The van der Waals surface area contributed by atoms with Gasteiger partial charge >= 0.3 is 0 Å². The Morgan fingerprint density at radius 2 is 2.30 bits per heavy atom. The van der Waals surface area contributed by atoms with Gasteiger partial charge in [-0.15, -0.1) is 0 Å². The van der Waals surface area contributed by atoms with Crippen LogP contribution in [-0.2, 0) is 6.54 Å². The van der Waals surface area contributed by atoms with Crippen molar-refractivity contribution in [2.24, 2.45) is 11.7 Å². The lowest BCUT2D eigenvalue weighted by atomic mass is 9.70. The summed E-state index contributed by atoms with van der Waals surface area (Å²) in [4.78, 5) is 2.35. The van der Waals surface area contributed by atoms with E-state index in [2.05, 4.69) is 44.1 Å². The summed E-state index contributed by atoms with van der Waals surface area (Å²) < 4.78 is 2.02. The van der Waals surface area contributed by atoms with Gasteiger partial charge < -0.3 is 10.6 Å². The van der Waals surface area contributed by atoms with Gasteiger partial charge in [-0.2, -0.15) is 5.10 Å². The van der Waals surface area contributed by atoms with E-state index >= 15 is 0 Å². The molecule has 4 heteroatoms. The van der Waals surface area contributed by atoms with Crippen molar-refractivity contribution in [1.29, 1.82) is 0 Å². The van der Waals surface area contributed by atoms with Crippen molar-refractivity contribution in [3.05, 3.63) is 18.0 Å². The van der Waals surface area contributed by atoms with Crippen LogP contribution in [-0.4, -0.2) is 34.3 Å². The largest absolute Gasteiger partial charge is 0.322 e. The van der Waals surface area contributed by atoms with Crippen LogP contribution in [0.15, 0.2) is 12.4 Å². The number of aryl methyl sites for hydroxylation is 1. The predicted octanol–water partition coefficient (Wildman–Crippen LogP) is 2.80. The highest BCUT2D eigenvalue weighted by Gasteiger charge is 2.43. The van der Waals surface area contributed by atoms with Gasteiger partial charge in [-0.1, -0.05) is 26.7 Å². The van der Waals surface area contributed by atoms with Crippen LogP contribution in [0.4, 0.5) is 0 Å². The van der Waals surface area contributed by atoms with Crippen LogP contribution in [0.2, 0.25) is 0 Å². The third kappa shape index (κ3) is 2.91. The van der Waals surface area contributed by atoms with Gasteiger partial charge in [-0.25, -0.2) is 0 Å². The Morgan fingerprint density at radius 3 is 2.90 bits per heavy atom. The lowest BCUT2D eigenvalue weighted by Gasteiger charge is -2.48. The number of likely N-dealkylation sites (N-methyl/N-ethyl adjacent to an activating group) is 1. The van der Waals surface area contributed by atoms with Crippen LogP contribution in [0.25, 0.3) is 0 Å². The summed E-state index contributed by atoms with van der Waals surface area (Å²) in [7, 11) is 4.35. The molecule has 3 unspecified atom stereocenters. The van der Waals surface area contributed by atoms with Crippen LogP contribution in [0.1, 0.15) is 57.6 Å². The van der Waals surface area contributed by atoms with Gasteiger partial charge in [0.2, 0.25) is 0 Å². The molecule has 0 bridgehead atoms. The minimum Gasteiger partial charge on any atom is -0.322 e. The number of hydrogen-bond acceptors (Lipinski definition) is 3. The summed E-state index contributed by atoms with van der Waals surface area (Å²) in [6.45, 7) is 5.49. The molecule has 0 spiro atoms. The summed E-state index contributed by atoms with van der Waals surface area (Å²) in [6.07, 6.45) is 10.2. The Balaban J connectivity index is 2.23. The van der Waals surface area contributed by atoms with E-state index in [0.29, 0.717) is 0 Å². The molecule has 1 aromatic rings. The maximum absolute atomic E-state index is 6.68. The Morgan fingerprint density at radius 1 is 1.55 bits per heavy atom. The van der Waals surface area contributed by atoms with Crippen LogP contribution < -0.4 is 5.73 Å². The van der Waals surface area contributed by atoms with E-state index in [9.17, 15) is 0 Å². The Hall–Kier alpha value is -0.870. The molecule has 20 heavy (non-hydrogen) atoms. The first kappa shape index (κ1) is 15.5. The standard InChI is InChI=1S/C16H30N4/c1-5-9-20-12-14(11-18-20)15(17)16(19(3)4)8-6-7-13(2)10-16/h11-13,15H,5-10,17H2,1-4H3. The molecule has 0 amide bonds. The minimum atomic E-state index is 0.0471. The van der Waals surface area contributed by atoms with E-state index in [1.807, 2.05) is 10.9 Å². The average Bonchev–Trinajstić information content (AvgIpc) is 2.86. The van der Waals surface area contributed by atoms with Crippen molar-refractivity contribution < 1.29 is 0 Å². The molecule has 1 aromatic heterocycles. The average molecular weight is 278 g/mol. The molecule has 1 aliphatic rings. The lowest BCUT2D eigenvalue weighted by molar-refractivity contribution is 0.0499. The molecule has 0 saturated heterocycles.